The molecule has 0 N–H and O–H groups in total. The summed E-state index contributed by atoms with van der Waals surface area (Å²) in [6, 6.07) is 0. The largest absolute Gasteiger partial charge is 0.328 e. The van der Waals surface area contributed by atoms with Crippen molar-refractivity contribution in [3.05, 3.63) is 0 Å². The summed E-state index contributed by atoms with van der Waals surface area (Å²) >= 11 is 0. The Morgan fingerprint density at radius 2 is 1.42 bits per heavy atom. The van der Waals surface area contributed by atoms with Crippen LogP contribution in [0.3, 0.4) is 0 Å². The molecule has 0 heterocycles. The number of hydrogen-bond donors (Lipinski definition) is 0. The first-order valence-electron chi connectivity index (χ1n) is 5.44. The third kappa shape index (κ3) is 6.66. The highest BCUT2D eigenvalue weighted by Gasteiger charge is 2.11. The van der Waals surface area contributed by atoms with Crippen molar-refractivity contribution in [1.29, 1.82) is 0 Å². The van der Waals surface area contributed by atoms with Gasteiger partial charge in [-0.2, -0.15) is 0 Å². The lowest BCUT2D eigenvalue weighted by atomic mass is 10.2. The number of quaternary nitrogens is 1. The molecule has 0 aliphatic carbocycles. The molecule has 1 heteroatoms. The van der Waals surface area contributed by atoms with E-state index in [0.29, 0.717) is 0 Å². The second-order valence-electron chi connectivity index (χ2n) is 4.44. The fourth-order valence-electron chi connectivity index (χ4n) is 1.68. The molecule has 0 atom stereocenters. The number of unbranched alkanes of at least 4 members (excludes halogenated alkanes) is 3. The molecule has 12 heavy (non-hydrogen) atoms. The van der Waals surface area contributed by atoms with Gasteiger partial charge in [0.1, 0.15) is 0 Å². The summed E-state index contributed by atoms with van der Waals surface area (Å²) in [7, 11) is 4.69. The smallest absolute Gasteiger partial charge is 0.0782 e. The van der Waals surface area contributed by atoms with Gasteiger partial charge in [0.2, 0.25) is 0 Å². The van der Waals surface area contributed by atoms with Crippen molar-refractivity contribution in [3.63, 3.8) is 0 Å². The van der Waals surface area contributed by atoms with Crippen LogP contribution in [0.15, 0.2) is 0 Å². The van der Waals surface area contributed by atoms with Crippen LogP contribution in [0.4, 0.5) is 0 Å². The molecule has 0 rings (SSSR count). The molecule has 0 unspecified atom stereocenters. The molecule has 0 amide bonds. The van der Waals surface area contributed by atoms with Crippen molar-refractivity contribution in [3.8, 4) is 0 Å². The van der Waals surface area contributed by atoms with Crippen LogP contribution in [0.5, 0.6) is 0 Å². The van der Waals surface area contributed by atoms with Gasteiger partial charge in [0.05, 0.1) is 27.2 Å². The number of nitrogens with zero attached hydrogens (tertiary/aromatic N) is 1. The molecule has 0 aromatic carbocycles. The van der Waals surface area contributed by atoms with E-state index in [-0.39, 0.29) is 0 Å². The standard InChI is InChI=1S/C11H26N/c1-5-7-8-9-11-12(3,4)10-6-2/h5-11H2,1-4H3/q+1. The van der Waals surface area contributed by atoms with Crippen molar-refractivity contribution in [2.75, 3.05) is 27.2 Å². The minimum absolute atomic E-state index is 1.21. The average molecular weight is 172 g/mol. The first-order chi connectivity index (χ1) is 5.62. The van der Waals surface area contributed by atoms with Crippen LogP contribution in [0.25, 0.3) is 0 Å². The topological polar surface area (TPSA) is 0 Å². The van der Waals surface area contributed by atoms with Gasteiger partial charge in [-0.3, -0.25) is 0 Å². The second kappa shape index (κ2) is 6.47. The quantitative estimate of drug-likeness (QED) is 0.409. The van der Waals surface area contributed by atoms with Gasteiger partial charge < -0.3 is 4.48 Å². The fourth-order valence-corrected chi connectivity index (χ4v) is 1.68. The maximum atomic E-state index is 2.34. The highest BCUT2D eigenvalue weighted by atomic mass is 15.3. The van der Waals surface area contributed by atoms with Gasteiger partial charge in [0.15, 0.2) is 0 Å². The maximum absolute atomic E-state index is 2.34. The molecule has 74 valence electrons. The van der Waals surface area contributed by atoms with Crippen molar-refractivity contribution < 1.29 is 4.48 Å². The molecule has 0 bridgehead atoms. The average Bonchev–Trinajstić information content (AvgIpc) is 1.98. The molecule has 0 saturated carbocycles. The Bertz CT molecular complexity index is 97.2. The molecule has 0 aromatic rings. The van der Waals surface area contributed by atoms with E-state index in [1.54, 1.807) is 0 Å². The normalized spacial score (nSPS) is 12.0. The minimum atomic E-state index is 1.21. The van der Waals surface area contributed by atoms with Crippen LogP contribution < -0.4 is 0 Å². The Labute approximate surface area is 78.4 Å². The predicted molar refractivity (Wildman–Crippen MR) is 56.3 cm³/mol. The number of rotatable bonds is 7. The Morgan fingerprint density at radius 1 is 0.750 bits per heavy atom. The lowest BCUT2D eigenvalue weighted by Crippen LogP contribution is -2.40. The van der Waals surface area contributed by atoms with Gasteiger partial charge in [-0.25, -0.2) is 0 Å². The molecular formula is C11H26N+. The van der Waals surface area contributed by atoms with Crippen LogP contribution in [-0.4, -0.2) is 31.7 Å². The van der Waals surface area contributed by atoms with Gasteiger partial charge in [-0.05, 0) is 19.3 Å². The van der Waals surface area contributed by atoms with Gasteiger partial charge in [0.25, 0.3) is 0 Å². The fraction of sp³-hybridized carbons (Fsp3) is 1.00. The lowest BCUT2D eigenvalue weighted by molar-refractivity contribution is -0.890. The van der Waals surface area contributed by atoms with E-state index in [4.69, 9.17) is 0 Å². The zero-order chi connectivity index (χ0) is 9.45. The van der Waals surface area contributed by atoms with Gasteiger partial charge in [-0.1, -0.05) is 26.7 Å². The van der Waals surface area contributed by atoms with E-state index in [2.05, 4.69) is 27.9 Å². The monoisotopic (exact) mass is 172 g/mol. The molecule has 0 saturated heterocycles. The zero-order valence-electron chi connectivity index (χ0n) is 9.40. The number of hydrogen-bond acceptors (Lipinski definition) is 0. The summed E-state index contributed by atoms with van der Waals surface area (Å²) in [5.41, 5.74) is 0. The summed E-state index contributed by atoms with van der Waals surface area (Å²) in [4.78, 5) is 0. The first kappa shape index (κ1) is 12.0. The van der Waals surface area contributed by atoms with Crippen LogP contribution in [0.1, 0.15) is 46.0 Å². The summed E-state index contributed by atoms with van der Waals surface area (Å²) < 4.78 is 1.21. The highest BCUT2D eigenvalue weighted by molar-refractivity contribution is 4.40. The zero-order valence-corrected chi connectivity index (χ0v) is 9.40. The Hall–Kier alpha value is -0.0400. The lowest BCUT2D eigenvalue weighted by Gasteiger charge is -2.29. The van der Waals surface area contributed by atoms with Crippen LogP contribution in [0, 0.1) is 0 Å². The van der Waals surface area contributed by atoms with Crippen LogP contribution in [0.2, 0.25) is 0 Å². The van der Waals surface area contributed by atoms with E-state index in [1.165, 1.54) is 49.7 Å². The van der Waals surface area contributed by atoms with E-state index >= 15 is 0 Å². The third-order valence-electron chi connectivity index (χ3n) is 2.45. The van der Waals surface area contributed by atoms with E-state index in [1.807, 2.05) is 0 Å². The van der Waals surface area contributed by atoms with Crippen molar-refractivity contribution in [2.24, 2.45) is 0 Å². The molecule has 0 radical (unpaired) electrons. The summed E-state index contributed by atoms with van der Waals surface area (Å²) in [6.07, 6.45) is 6.89. The minimum Gasteiger partial charge on any atom is -0.328 e. The summed E-state index contributed by atoms with van der Waals surface area (Å²) in [5.74, 6) is 0. The van der Waals surface area contributed by atoms with E-state index in [9.17, 15) is 0 Å². The predicted octanol–water partition coefficient (Wildman–Crippen LogP) is 3.05. The molecule has 0 aromatic heterocycles. The van der Waals surface area contributed by atoms with Gasteiger partial charge in [-0.15, -0.1) is 0 Å². The Kier molecular flexibility index (Phi) is 6.45. The molecule has 0 fully saturated rings. The van der Waals surface area contributed by atoms with E-state index < -0.39 is 0 Å². The SMILES string of the molecule is CCCCCC[N+](C)(C)CCC. The van der Waals surface area contributed by atoms with E-state index in [0.717, 1.165) is 0 Å². The summed E-state index contributed by atoms with van der Waals surface area (Å²) in [5, 5.41) is 0. The molecule has 0 spiro atoms. The second-order valence-corrected chi connectivity index (χ2v) is 4.44. The molecule has 0 aliphatic heterocycles. The van der Waals surface area contributed by atoms with Crippen molar-refractivity contribution >= 4 is 0 Å². The third-order valence-corrected chi connectivity index (χ3v) is 2.45. The van der Waals surface area contributed by atoms with Crippen LogP contribution in [-0.2, 0) is 0 Å². The van der Waals surface area contributed by atoms with Gasteiger partial charge in [0, 0.05) is 0 Å². The summed E-state index contributed by atoms with van der Waals surface area (Å²) in [6.45, 7) is 7.22. The van der Waals surface area contributed by atoms with Gasteiger partial charge >= 0.3 is 0 Å². The van der Waals surface area contributed by atoms with Crippen molar-refractivity contribution in [1.82, 2.24) is 0 Å². The Balaban J connectivity index is 3.33. The maximum Gasteiger partial charge on any atom is 0.0782 e. The molecule has 0 aliphatic rings. The Morgan fingerprint density at radius 3 is 1.92 bits per heavy atom. The highest BCUT2D eigenvalue weighted by Crippen LogP contribution is 2.05. The molecule has 1 nitrogen and oxygen atoms in total. The van der Waals surface area contributed by atoms with Crippen LogP contribution >= 0.6 is 0 Å². The first-order valence-corrected chi connectivity index (χ1v) is 5.44. The van der Waals surface area contributed by atoms with Crippen molar-refractivity contribution in [2.45, 2.75) is 46.0 Å². The molecular weight excluding hydrogens is 146 g/mol.